The van der Waals surface area contributed by atoms with Crippen molar-refractivity contribution in [3.8, 4) is 0 Å². The predicted molar refractivity (Wildman–Crippen MR) is 68.1 cm³/mol. The van der Waals surface area contributed by atoms with Gasteiger partial charge in [0, 0.05) is 6.42 Å². The van der Waals surface area contributed by atoms with Crippen LogP contribution in [-0.2, 0) is 11.2 Å². The number of aliphatic carboxylic acids is 1. The Bertz CT molecular complexity index is 590. The zero-order chi connectivity index (χ0) is 13.2. The number of carboxylic acid groups (broad SMARTS) is 1. The fraction of sp³-hybridized carbons (Fsp3) is 0.154. The van der Waals surface area contributed by atoms with Crippen molar-refractivity contribution >= 4 is 28.3 Å². The third-order valence-corrected chi connectivity index (χ3v) is 3.12. The number of nitrogens with one attached hydrogen (secondary N) is 1. The molecule has 0 radical (unpaired) electrons. The third-order valence-electron chi connectivity index (χ3n) is 2.75. The number of hydrogen-bond donors (Lipinski definition) is 2. The molecule has 0 bridgehead atoms. The molecule has 94 valence electrons. The molecule has 0 aliphatic heterocycles. The molecule has 1 atom stereocenters. The number of halogens is 2. The maximum absolute atomic E-state index is 12.5. The van der Waals surface area contributed by atoms with E-state index in [9.17, 15) is 9.28 Å². The summed E-state index contributed by atoms with van der Waals surface area (Å²) < 4.78 is 12.5. The maximum Gasteiger partial charge on any atom is 0.342 e. The molecule has 0 aliphatic carbocycles. The van der Waals surface area contributed by atoms with E-state index in [0.29, 0.717) is 5.56 Å². The minimum atomic E-state index is -2.12. The molecule has 2 N–H and O–H groups in total. The van der Waals surface area contributed by atoms with Gasteiger partial charge >= 0.3 is 5.97 Å². The van der Waals surface area contributed by atoms with Crippen LogP contribution in [-0.4, -0.2) is 16.1 Å². The molecule has 0 aromatic heterocycles. The Morgan fingerprint density at radius 2 is 1.94 bits per heavy atom. The molecule has 5 heteroatoms. The summed E-state index contributed by atoms with van der Waals surface area (Å²) in [4.78, 5) is 8.76. The van der Waals surface area contributed by atoms with Crippen LogP contribution in [0, 0.1) is 0 Å². The molecule has 0 amide bonds. The number of carboxylic acids is 1. The van der Waals surface area contributed by atoms with E-state index in [-0.39, 0.29) is 6.42 Å². The summed E-state index contributed by atoms with van der Waals surface area (Å²) in [5.41, 5.74) is 1.79. The Morgan fingerprint density at radius 3 is 2.56 bits per heavy atom. The summed E-state index contributed by atoms with van der Waals surface area (Å²) in [7, 11) is 0. The van der Waals surface area contributed by atoms with Crippen molar-refractivity contribution in [2.24, 2.45) is 0 Å². The predicted octanol–water partition coefficient (Wildman–Crippen LogP) is 2.88. The van der Waals surface area contributed by atoms with Gasteiger partial charge in [0.25, 0.3) is 0 Å². The Balaban J connectivity index is 2.34. The van der Waals surface area contributed by atoms with Crippen molar-refractivity contribution in [1.29, 1.82) is 0 Å². The summed E-state index contributed by atoms with van der Waals surface area (Å²) >= 11 is 5.66. The number of alkyl halides is 1. The zero-order valence-corrected chi connectivity index (χ0v) is 10.1. The van der Waals surface area contributed by atoms with Crippen molar-refractivity contribution in [2.45, 2.75) is 11.4 Å². The van der Waals surface area contributed by atoms with Gasteiger partial charge in [0.1, 0.15) is 0 Å². The molecule has 0 saturated heterocycles. The summed E-state index contributed by atoms with van der Waals surface area (Å²) in [6.07, 6.45) is -0.148. The summed E-state index contributed by atoms with van der Waals surface area (Å²) in [6.45, 7) is 0. The van der Waals surface area contributed by atoms with Gasteiger partial charge in [-0.05, 0) is 16.3 Å². The number of hydrogen-bond acceptors (Lipinski definition) is 2. The first-order valence-corrected chi connectivity index (χ1v) is 5.71. The average molecular weight is 268 g/mol. The molecule has 2 aromatic carbocycles. The molecule has 2 aromatic rings. The molecule has 2 rings (SSSR count). The van der Waals surface area contributed by atoms with E-state index >= 15 is 0 Å². The molecule has 0 saturated carbocycles. The fourth-order valence-electron chi connectivity index (χ4n) is 1.78. The normalized spacial score (nSPS) is 14.3. The standard InChI is InChI=1S/C13H11ClFNO2/c14-13(16-15,12(17)18)8-9-5-6-10-3-1-2-4-11(10)7-9/h1-7,16H,8H2,(H,17,18)/t13-/m0/s1. The van der Waals surface area contributed by atoms with Crippen LogP contribution >= 0.6 is 11.6 Å². The van der Waals surface area contributed by atoms with Crippen LogP contribution in [0.2, 0.25) is 0 Å². The first-order valence-electron chi connectivity index (χ1n) is 5.33. The minimum Gasteiger partial charge on any atom is -0.479 e. The van der Waals surface area contributed by atoms with Crippen LogP contribution in [0.4, 0.5) is 4.48 Å². The van der Waals surface area contributed by atoms with Gasteiger partial charge in [0.15, 0.2) is 0 Å². The van der Waals surface area contributed by atoms with Gasteiger partial charge in [0.2, 0.25) is 5.00 Å². The van der Waals surface area contributed by atoms with Gasteiger partial charge in [-0.15, -0.1) is 10.0 Å². The SMILES string of the molecule is O=C(O)[C@](Cl)(Cc1ccc2ccccc2c1)NF. The highest BCUT2D eigenvalue weighted by Gasteiger charge is 2.36. The molecule has 0 fully saturated rings. The summed E-state index contributed by atoms with van der Waals surface area (Å²) in [5, 5.41) is 10.9. The van der Waals surface area contributed by atoms with Gasteiger partial charge in [-0.2, -0.15) is 0 Å². The molecule has 0 aliphatic rings. The highest BCUT2D eigenvalue weighted by atomic mass is 35.5. The third kappa shape index (κ3) is 2.44. The van der Waals surface area contributed by atoms with E-state index in [1.165, 1.54) is 0 Å². The van der Waals surface area contributed by atoms with Gasteiger partial charge in [-0.25, -0.2) is 4.79 Å². The summed E-state index contributed by atoms with van der Waals surface area (Å²) in [5.74, 6) is -1.44. The molecule has 0 unspecified atom stereocenters. The highest BCUT2D eigenvalue weighted by Crippen LogP contribution is 2.22. The van der Waals surface area contributed by atoms with Crippen molar-refractivity contribution in [1.82, 2.24) is 5.54 Å². The van der Waals surface area contributed by atoms with E-state index in [1.54, 1.807) is 12.1 Å². The van der Waals surface area contributed by atoms with Crippen molar-refractivity contribution in [3.05, 3.63) is 48.0 Å². The number of benzene rings is 2. The largest absolute Gasteiger partial charge is 0.479 e. The van der Waals surface area contributed by atoms with E-state index < -0.39 is 11.0 Å². The second-order valence-electron chi connectivity index (χ2n) is 4.06. The van der Waals surface area contributed by atoms with Crippen LogP contribution < -0.4 is 5.54 Å². The van der Waals surface area contributed by atoms with Crippen LogP contribution in [0.15, 0.2) is 42.5 Å². The minimum absolute atomic E-state index is 0.148. The van der Waals surface area contributed by atoms with E-state index in [4.69, 9.17) is 16.7 Å². The van der Waals surface area contributed by atoms with Crippen molar-refractivity contribution in [2.75, 3.05) is 0 Å². The van der Waals surface area contributed by atoms with Gasteiger partial charge in [-0.1, -0.05) is 54.1 Å². The lowest BCUT2D eigenvalue weighted by molar-refractivity contribution is -0.142. The van der Waals surface area contributed by atoms with Crippen molar-refractivity contribution < 1.29 is 14.4 Å². The maximum atomic E-state index is 12.5. The highest BCUT2D eigenvalue weighted by molar-refractivity contribution is 6.33. The van der Waals surface area contributed by atoms with Crippen LogP contribution in [0.5, 0.6) is 0 Å². The Labute approximate surface area is 108 Å². The van der Waals surface area contributed by atoms with Gasteiger partial charge < -0.3 is 5.11 Å². The van der Waals surface area contributed by atoms with Crippen LogP contribution in [0.1, 0.15) is 5.56 Å². The Hall–Kier alpha value is -1.65. The first kappa shape index (κ1) is 12.8. The fourth-order valence-corrected chi connectivity index (χ4v) is 1.93. The van der Waals surface area contributed by atoms with E-state index in [0.717, 1.165) is 16.3 Å². The number of fused-ring (bicyclic) bond motifs is 1. The molecule has 18 heavy (non-hydrogen) atoms. The Kier molecular flexibility index (Phi) is 3.50. The quantitative estimate of drug-likeness (QED) is 0.509. The molecular formula is C13H11ClFNO2. The van der Waals surface area contributed by atoms with Gasteiger partial charge in [0.05, 0.1) is 0 Å². The van der Waals surface area contributed by atoms with E-state index in [2.05, 4.69) is 0 Å². The van der Waals surface area contributed by atoms with Crippen LogP contribution in [0.25, 0.3) is 10.8 Å². The lowest BCUT2D eigenvalue weighted by atomic mass is 10.0. The number of rotatable bonds is 4. The monoisotopic (exact) mass is 267 g/mol. The number of carbonyl (C=O) groups is 1. The zero-order valence-electron chi connectivity index (χ0n) is 9.36. The molecule has 3 nitrogen and oxygen atoms in total. The lowest BCUT2D eigenvalue weighted by Gasteiger charge is -2.18. The second kappa shape index (κ2) is 4.92. The topological polar surface area (TPSA) is 49.3 Å². The average Bonchev–Trinajstić information content (AvgIpc) is 2.38. The second-order valence-corrected chi connectivity index (χ2v) is 4.70. The summed E-state index contributed by atoms with van der Waals surface area (Å²) in [6, 6.07) is 13.0. The first-order chi connectivity index (χ1) is 8.55. The lowest BCUT2D eigenvalue weighted by Crippen LogP contribution is -2.44. The van der Waals surface area contributed by atoms with Crippen molar-refractivity contribution in [3.63, 3.8) is 0 Å². The van der Waals surface area contributed by atoms with Gasteiger partial charge in [-0.3, -0.25) is 0 Å². The smallest absolute Gasteiger partial charge is 0.342 e. The van der Waals surface area contributed by atoms with E-state index in [1.807, 2.05) is 30.3 Å². The molecule has 0 spiro atoms. The van der Waals surface area contributed by atoms with Crippen LogP contribution in [0.3, 0.4) is 0 Å². The Morgan fingerprint density at radius 1 is 1.28 bits per heavy atom. The molecular weight excluding hydrogens is 257 g/mol. The molecule has 0 heterocycles.